The lowest BCUT2D eigenvalue weighted by Gasteiger charge is -2.23. The summed E-state index contributed by atoms with van der Waals surface area (Å²) in [6.07, 6.45) is 3.57. The van der Waals surface area contributed by atoms with Gasteiger partial charge in [0.15, 0.2) is 17.2 Å². The summed E-state index contributed by atoms with van der Waals surface area (Å²) in [4.78, 5) is 22.1. The van der Waals surface area contributed by atoms with Crippen molar-refractivity contribution < 1.29 is 17.9 Å². The summed E-state index contributed by atoms with van der Waals surface area (Å²) in [5, 5.41) is 4.70. The molecule has 0 spiro atoms. The number of aromatic nitrogens is 8. The highest BCUT2D eigenvalue weighted by Gasteiger charge is 2.36. The number of benzene rings is 1. The van der Waals surface area contributed by atoms with Crippen LogP contribution in [-0.2, 0) is 18.0 Å². The van der Waals surface area contributed by atoms with E-state index in [1.54, 1.807) is 40.9 Å². The Morgan fingerprint density at radius 2 is 1.75 bits per heavy atom. The molecule has 40 heavy (non-hydrogen) atoms. The van der Waals surface area contributed by atoms with Crippen molar-refractivity contribution in [1.82, 2.24) is 39.3 Å². The summed E-state index contributed by atoms with van der Waals surface area (Å²) < 4.78 is 49.1. The zero-order chi connectivity index (χ0) is 28.2. The lowest BCUT2D eigenvalue weighted by atomic mass is 9.49. The Balaban J connectivity index is 1.32. The van der Waals surface area contributed by atoms with Crippen LogP contribution in [0.15, 0.2) is 49.2 Å². The minimum atomic E-state index is -4.53. The number of hydrogen-bond donors (Lipinski definition) is 0. The molecule has 0 radical (unpaired) electrons. The Morgan fingerprint density at radius 3 is 2.40 bits per heavy atom. The van der Waals surface area contributed by atoms with E-state index in [-0.39, 0.29) is 5.82 Å². The van der Waals surface area contributed by atoms with Gasteiger partial charge in [-0.25, -0.2) is 29.6 Å². The molecule has 0 atom stereocenters. The van der Waals surface area contributed by atoms with Crippen LogP contribution in [-0.4, -0.2) is 69.9 Å². The highest BCUT2D eigenvalue weighted by Crippen LogP contribution is 2.45. The second-order valence-corrected chi connectivity index (χ2v) is 10.9. The van der Waals surface area contributed by atoms with Crippen molar-refractivity contribution >= 4 is 34.6 Å². The maximum Gasteiger partial charge on any atom is 0.434 e. The Hall–Kier alpha value is -4.16. The monoisotopic (exact) mass is 542 g/mol. The normalized spacial score (nSPS) is 14.1. The Bertz CT molecular complexity index is 1710. The summed E-state index contributed by atoms with van der Waals surface area (Å²) in [6, 6.07) is 7.28. The van der Waals surface area contributed by atoms with E-state index in [0.29, 0.717) is 40.9 Å². The summed E-state index contributed by atoms with van der Waals surface area (Å²) in [5.41, 5.74) is 2.80. The van der Waals surface area contributed by atoms with Crippen LogP contribution < -0.4 is 4.74 Å². The minimum Gasteiger partial charge on any atom is -0.480 e. The van der Waals surface area contributed by atoms with Crippen molar-refractivity contribution in [3.05, 3.63) is 66.1 Å². The van der Waals surface area contributed by atoms with Crippen LogP contribution in [0.5, 0.6) is 5.88 Å². The van der Waals surface area contributed by atoms with Crippen LogP contribution in [0.2, 0.25) is 0 Å². The standard InChI is InChI=1S/C25H24B3F3N8O/c1-40-23-18(19(14-6-7-14)33-12-34-23)20-32-8-16-9-35-39(22(16)37-20)10-13-2-4-15(5-3-13)21-36-17(24(29,30)31)11-38(21)25(26,27)28/h2-5,8-9,11-12,14H,6-7,10,26-28H2,1H3. The molecule has 15 heteroatoms. The molecule has 5 aromatic rings. The lowest BCUT2D eigenvalue weighted by molar-refractivity contribution is -0.140. The van der Waals surface area contributed by atoms with Gasteiger partial charge in [-0.1, -0.05) is 24.3 Å². The van der Waals surface area contributed by atoms with Crippen LogP contribution >= 0.6 is 0 Å². The first-order chi connectivity index (χ1) is 19.0. The van der Waals surface area contributed by atoms with Gasteiger partial charge in [-0.3, -0.25) is 0 Å². The number of imidazole rings is 1. The van der Waals surface area contributed by atoms with Gasteiger partial charge in [0.05, 0.1) is 30.9 Å². The minimum absolute atomic E-state index is 0.263. The molecule has 0 bridgehead atoms. The molecule has 0 aliphatic heterocycles. The average molecular weight is 542 g/mol. The molecule has 9 nitrogen and oxygen atoms in total. The van der Waals surface area contributed by atoms with Gasteiger partial charge in [-0.05, 0) is 23.6 Å². The number of alkyl halides is 3. The molecule has 1 aliphatic carbocycles. The molecule has 1 aromatic carbocycles. The molecular weight excluding hydrogens is 518 g/mol. The predicted molar refractivity (Wildman–Crippen MR) is 150 cm³/mol. The first-order valence-corrected chi connectivity index (χ1v) is 12.9. The van der Waals surface area contributed by atoms with Crippen molar-refractivity contribution in [1.29, 1.82) is 0 Å². The lowest BCUT2D eigenvalue weighted by Crippen LogP contribution is -2.35. The van der Waals surface area contributed by atoms with Crippen LogP contribution in [0.4, 0.5) is 13.2 Å². The average Bonchev–Trinajstić information content (AvgIpc) is 3.52. The summed E-state index contributed by atoms with van der Waals surface area (Å²) in [6.45, 7) is 0.402. The largest absolute Gasteiger partial charge is 0.480 e. The van der Waals surface area contributed by atoms with Gasteiger partial charge in [0.1, 0.15) is 41.3 Å². The van der Waals surface area contributed by atoms with E-state index in [2.05, 4.69) is 25.0 Å². The Morgan fingerprint density at radius 1 is 1.00 bits per heavy atom. The van der Waals surface area contributed by atoms with Gasteiger partial charge < -0.3 is 9.30 Å². The number of rotatable bonds is 7. The predicted octanol–water partition coefficient (Wildman–Crippen LogP) is 1.57. The van der Waals surface area contributed by atoms with Gasteiger partial charge in [0, 0.05) is 23.9 Å². The van der Waals surface area contributed by atoms with Gasteiger partial charge in [0.25, 0.3) is 0 Å². The number of halogens is 3. The van der Waals surface area contributed by atoms with Gasteiger partial charge in [-0.15, -0.1) is 0 Å². The molecule has 0 saturated heterocycles. The zero-order valence-corrected chi connectivity index (χ0v) is 22.4. The summed E-state index contributed by atoms with van der Waals surface area (Å²) >= 11 is 0. The molecule has 0 amide bonds. The molecular formula is C25H24B3F3N8O. The SMILES string of the molecule is BC(B)(B)n1cc(C(F)(F)F)nc1-c1ccc(Cn2ncc3cnc(-c4c(OC)ncnc4C4CC4)nc32)cc1. The maximum absolute atomic E-state index is 13.4. The van der Waals surface area contributed by atoms with Crippen LogP contribution in [0.3, 0.4) is 0 Å². The fraction of sp³-hybridized carbons (Fsp3) is 0.280. The Kier molecular flexibility index (Phi) is 6.19. The van der Waals surface area contributed by atoms with E-state index in [1.165, 1.54) is 6.33 Å². The third kappa shape index (κ3) is 4.84. The van der Waals surface area contributed by atoms with Crippen molar-refractivity contribution in [2.45, 2.75) is 36.7 Å². The molecule has 1 fully saturated rings. The van der Waals surface area contributed by atoms with Gasteiger partial charge in [-0.2, -0.15) is 18.3 Å². The number of methoxy groups -OCH3 is 1. The number of ether oxygens (including phenoxy) is 1. The zero-order valence-electron chi connectivity index (χ0n) is 22.4. The smallest absolute Gasteiger partial charge is 0.434 e. The molecule has 1 aliphatic rings. The van der Waals surface area contributed by atoms with Crippen molar-refractivity contribution in [2.75, 3.05) is 7.11 Å². The first-order valence-electron chi connectivity index (χ1n) is 12.9. The fourth-order valence-electron chi connectivity index (χ4n) is 4.68. The first kappa shape index (κ1) is 26.1. The third-order valence-electron chi connectivity index (χ3n) is 6.86. The molecule has 0 N–H and O–H groups in total. The van der Waals surface area contributed by atoms with Gasteiger partial charge >= 0.3 is 6.18 Å². The highest BCUT2D eigenvalue weighted by molar-refractivity contribution is 6.56. The number of fused-ring (bicyclic) bond motifs is 1. The van der Waals surface area contributed by atoms with Crippen LogP contribution in [0, 0.1) is 0 Å². The van der Waals surface area contributed by atoms with E-state index in [1.807, 2.05) is 35.7 Å². The number of hydrogen-bond acceptors (Lipinski definition) is 7. The topological polar surface area (TPSA) is 96.4 Å². The molecule has 6 rings (SSSR count). The molecule has 4 aromatic heterocycles. The van der Waals surface area contributed by atoms with E-state index < -0.39 is 17.1 Å². The molecule has 0 unspecified atom stereocenters. The van der Waals surface area contributed by atoms with Crippen molar-refractivity contribution in [2.24, 2.45) is 0 Å². The van der Waals surface area contributed by atoms with Crippen LogP contribution in [0.25, 0.3) is 33.8 Å². The van der Waals surface area contributed by atoms with E-state index in [4.69, 9.17) is 9.72 Å². The maximum atomic E-state index is 13.4. The van der Waals surface area contributed by atoms with Gasteiger partial charge in [0.2, 0.25) is 5.88 Å². The third-order valence-corrected chi connectivity index (χ3v) is 6.86. The van der Waals surface area contributed by atoms with Crippen molar-refractivity contribution in [3.8, 4) is 28.7 Å². The fourth-order valence-corrected chi connectivity index (χ4v) is 4.68. The number of nitrogens with zero attached hydrogens (tertiary/aromatic N) is 8. The Labute approximate surface area is 230 Å². The second kappa shape index (κ2) is 9.49. The van der Waals surface area contributed by atoms with E-state index in [0.717, 1.165) is 35.7 Å². The molecule has 200 valence electrons. The quantitative estimate of drug-likeness (QED) is 0.289. The molecule has 1 saturated carbocycles. The van der Waals surface area contributed by atoms with E-state index >= 15 is 0 Å². The van der Waals surface area contributed by atoms with Crippen molar-refractivity contribution in [3.63, 3.8) is 0 Å². The highest BCUT2D eigenvalue weighted by atomic mass is 19.4. The van der Waals surface area contributed by atoms with E-state index in [9.17, 15) is 13.2 Å². The van der Waals surface area contributed by atoms with Crippen LogP contribution in [0.1, 0.15) is 35.7 Å². The summed E-state index contributed by atoms with van der Waals surface area (Å²) in [7, 11) is 7.09. The summed E-state index contributed by atoms with van der Waals surface area (Å²) in [5.74, 6) is 1.51. The second-order valence-electron chi connectivity index (χ2n) is 10.9. The molecule has 4 heterocycles.